The normalized spacial score (nSPS) is 11.4. The summed E-state index contributed by atoms with van der Waals surface area (Å²) in [4.78, 5) is 9.08. The summed E-state index contributed by atoms with van der Waals surface area (Å²) in [7, 11) is 1.57. The zero-order valence-electron chi connectivity index (χ0n) is 14.3. The van der Waals surface area contributed by atoms with Crippen molar-refractivity contribution in [3.05, 3.63) is 72.2 Å². The predicted molar refractivity (Wildman–Crippen MR) is 98.2 cm³/mol. The fraction of sp³-hybridized carbons (Fsp3) is 0.158. The van der Waals surface area contributed by atoms with E-state index >= 15 is 0 Å². The number of rotatable bonds is 6. The van der Waals surface area contributed by atoms with Crippen molar-refractivity contribution >= 4 is 11.9 Å². The van der Waals surface area contributed by atoms with Gasteiger partial charge in [-0.2, -0.15) is 13.2 Å². The Hall–Kier alpha value is -2.58. The van der Waals surface area contributed by atoms with E-state index in [1.807, 2.05) is 24.3 Å². The van der Waals surface area contributed by atoms with E-state index in [2.05, 4.69) is 14.7 Å². The van der Waals surface area contributed by atoms with Crippen LogP contribution in [0.15, 0.2) is 65.8 Å². The molecule has 4 nitrogen and oxygen atoms in total. The lowest BCUT2D eigenvalue weighted by Crippen LogP contribution is -2.07. The zero-order chi connectivity index (χ0) is 19.3. The lowest BCUT2D eigenvalue weighted by molar-refractivity contribution is -0.137. The van der Waals surface area contributed by atoms with Crippen LogP contribution in [0.25, 0.3) is 11.3 Å². The van der Waals surface area contributed by atoms with E-state index in [1.165, 1.54) is 6.07 Å². The molecule has 2 heterocycles. The first kappa shape index (κ1) is 19.2. The first-order valence-corrected chi connectivity index (χ1v) is 8.80. The van der Waals surface area contributed by atoms with Crippen LogP contribution in [-0.4, -0.2) is 17.1 Å². The number of benzene rings is 1. The molecule has 8 heteroatoms. The molecule has 1 aromatic carbocycles. The fourth-order valence-electron chi connectivity index (χ4n) is 2.41. The highest BCUT2D eigenvalue weighted by atomic mass is 32.2. The van der Waals surface area contributed by atoms with Crippen LogP contribution in [0.2, 0.25) is 0 Å². The molecule has 0 saturated heterocycles. The van der Waals surface area contributed by atoms with Gasteiger partial charge in [-0.15, -0.1) is 0 Å². The molecule has 0 radical (unpaired) electrons. The molecule has 3 rings (SSSR count). The van der Waals surface area contributed by atoms with Crippen molar-refractivity contribution in [3.8, 4) is 17.0 Å². The Bertz CT molecular complexity index is 918. The molecule has 3 aromatic rings. The molecule has 27 heavy (non-hydrogen) atoms. The number of nitrogens with one attached hydrogen (secondary N) is 1. The number of methoxy groups -OCH3 is 1. The van der Waals surface area contributed by atoms with Crippen molar-refractivity contribution in [1.82, 2.24) is 14.7 Å². The lowest BCUT2D eigenvalue weighted by Gasteiger charge is -2.10. The summed E-state index contributed by atoms with van der Waals surface area (Å²) < 4.78 is 46.7. The number of aromatic nitrogens is 2. The van der Waals surface area contributed by atoms with Crippen LogP contribution >= 0.6 is 11.9 Å². The maximum Gasteiger partial charge on any atom is 0.416 e. The molecule has 0 bridgehead atoms. The molecule has 0 fully saturated rings. The summed E-state index contributed by atoms with van der Waals surface area (Å²) in [5.41, 5.74) is 1.64. The highest BCUT2D eigenvalue weighted by Gasteiger charge is 2.30. The Kier molecular flexibility index (Phi) is 5.98. The molecule has 0 aliphatic carbocycles. The number of hydrogen-bond donors (Lipinski definition) is 1. The summed E-state index contributed by atoms with van der Waals surface area (Å²) >= 11 is 1.13. The Morgan fingerprint density at radius 2 is 1.93 bits per heavy atom. The van der Waals surface area contributed by atoms with E-state index in [9.17, 15) is 13.2 Å². The molecule has 0 spiro atoms. The fourth-order valence-corrected chi connectivity index (χ4v) is 3.13. The van der Waals surface area contributed by atoms with Crippen molar-refractivity contribution in [3.63, 3.8) is 0 Å². The molecule has 0 saturated carbocycles. The van der Waals surface area contributed by atoms with Gasteiger partial charge in [-0.25, -0.2) is 0 Å². The monoisotopic (exact) mass is 391 g/mol. The third-order valence-corrected chi connectivity index (χ3v) is 4.47. The van der Waals surface area contributed by atoms with Crippen molar-refractivity contribution in [1.29, 1.82) is 0 Å². The van der Waals surface area contributed by atoms with Crippen LogP contribution in [0.3, 0.4) is 0 Å². The van der Waals surface area contributed by atoms with E-state index in [0.29, 0.717) is 17.2 Å². The van der Waals surface area contributed by atoms with Gasteiger partial charge in [0.15, 0.2) is 0 Å². The molecule has 0 unspecified atom stereocenters. The van der Waals surface area contributed by atoms with Crippen LogP contribution in [0, 0.1) is 0 Å². The van der Waals surface area contributed by atoms with Crippen LogP contribution in [0.5, 0.6) is 5.75 Å². The van der Waals surface area contributed by atoms with Gasteiger partial charge in [-0.05, 0) is 48.3 Å². The third kappa shape index (κ3) is 4.99. The first-order valence-electron chi connectivity index (χ1n) is 7.98. The Morgan fingerprint density at radius 1 is 1.11 bits per heavy atom. The van der Waals surface area contributed by atoms with Crippen LogP contribution in [0.1, 0.15) is 11.3 Å². The van der Waals surface area contributed by atoms with Gasteiger partial charge in [0.25, 0.3) is 0 Å². The second kappa shape index (κ2) is 8.41. The van der Waals surface area contributed by atoms with Crippen LogP contribution in [0.4, 0.5) is 13.2 Å². The van der Waals surface area contributed by atoms with Gasteiger partial charge in [0, 0.05) is 23.2 Å². The van der Waals surface area contributed by atoms with Gasteiger partial charge in [-0.1, -0.05) is 12.1 Å². The van der Waals surface area contributed by atoms with E-state index in [1.54, 1.807) is 25.6 Å². The van der Waals surface area contributed by atoms with Gasteiger partial charge in [0.2, 0.25) is 0 Å². The molecule has 0 aliphatic heterocycles. The Labute approximate surface area is 158 Å². The SMILES string of the molecule is COc1cnccc1-c1cccc(CNSc2cccc(C(F)(F)F)c2)n1. The summed E-state index contributed by atoms with van der Waals surface area (Å²) in [6, 6.07) is 12.6. The number of halogens is 3. The topological polar surface area (TPSA) is 47.0 Å². The summed E-state index contributed by atoms with van der Waals surface area (Å²) in [6.07, 6.45) is -1.07. The average Bonchev–Trinajstić information content (AvgIpc) is 2.68. The second-order valence-electron chi connectivity index (χ2n) is 5.54. The molecular weight excluding hydrogens is 375 g/mol. The van der Waals surface area contributed by atoms with E-state index in [-0.39, 0.29) is 0 Å². The molecule has 140 valence electrons. The molecule has 0 atom stereocenters. The molecular formula is C19H16F3N3OS. The lowest BCUT2D eigenvalue weighted by atomic mass is 10.1. The Balaban J connectivity index is 1.68. The Morgan fingerprint density at radius 3 is 2.70 bits per heavy atom. The maximum atomic E-state index is 12.8. The van der Waals surface area contributed by atoms with E-state index in [0.717, 1.165) is 41.0 Å². The minimum absolute atomic E-state index is 0.391. The quantitative estimate of drug-likeness (QED) is 0.602. The van der Waals surface area contributed by atoms with Crippen molar-refractivity contribution in [2.45, 2.75) is 17.6 Å². The van der Waals surface area contributed by atoms with Gasteiger partial charge in [0.1, 0.15) is 5.75 Å². The standard InChI is InChI=1S/C19H16F3N3OS/c1-26-18-12-23-9-8-16(18)17-7-3-5-14(25-17)11-24-27-15-6-2-4-13(10-15)19(20,21)22/h2-10,12,24H,11H2,1H3. The highest BCUT2D eigenvalue weighted by Crippen LogP contribution is 2.31. The van der Waals surface area contributed by atoms with Gasteiger partial charge < -0.3 is 4.74 Å². The molecule has 2 aromatic heterocycles. The minimum atomic E-state index is -4.35. The number of nitrogens with zero attached hydrogens (tertiary/aromatic N) is 2. The summed E-state index contributed by atoms with van der Waals surface area (Å²) in [6.45, 7) is 0.391. The van der Waals surface area contributed by atoms with Gasteiger partial charge >= 0.3 is 6.18 Å². The van der Waals surface area contributed by atoms with Gasteiger partial charge in [-0.3, -0.25) is 14.7 Å². The predicted octanol–water partition coefficient (Wildman–Crippen LogP) is 4.97. The van der Waals surface area contributed by atoms with Crippen LogP contribution in [-0.2, 0) is 12.7 Å². The number of ether oxygens (including phenoxy) is 1. The number of pyridine rings is 2. The second-order valence-corrected chi connectivity index (χ2v) is 6.50. The average molecular weight is 391 g/mol. The first-order chi connectivity index (χ1) is 13.0. The van der Waals surface area contributed by atoms with Crippen molar-refractivity contribution < 1.29 is 17.9 Å². The van der Waals surface area contributed by atoms with Crippen molar-refractivity contribution in [2.24, 2.45) is 0 Å². The summed E-state index contributed by atoms with van der Waals surface area (Å²) in [5, 5.41) is 0. The smallest absolute Gasteiger partial charge is 0.416 e. The largest absolute Gasteiger partial charge is 0.494 e. The number of alkyl halides is 3. The zero-order valence-corrected chi connectivity index (χ0v) is 15.1. The highest BCUT2D eigenvalue weighted by molar-refractivity contribution is 7.97. The minimum Gasteiger partial charge on any atom is -0.494 e. The van der Waals surface area contributed by atoms with Gasteiger partial charge in [0.05, 0.1) is 30.3 Å². The summed E-state index contributed by atoms with van der Waals surface area (Å²) in [5.74, 6) is 0.619. The van der Waals surface area contributed by atoms with E-state index < -0.39 is 11.7 Å². The molecule has 0 amide bonds. The molecule has 1 N–H and O–H groups in total. The maximum absolute atomic E-state index is 12.8. The third-order valence-electron chi connectivity index (χ3n) is 3.69. The van der Waals surface area contributed by atoms with E-state index in [4.69, 9.17) is 4.74 Å². The van der Waals surface area contributed by atoms with Crippen molar-refractivity contribution in [2.75, 3.05) is 7.11 Å². The number of hydrogen-bond acceptors (Lipinski definition) is 5. The van der Waals surface area contributed by atoms with Crippen LogP contribution < -0.4 is 9.46 Å². The molecule has 0 aliphatic rings.